The number of rotatable bonds is 5. The largest absolute Gasteiger partial charge is 0.454 e. The second-order valence-electron chi connectivity index (χ2n) is 4.75. The van der Waals surface area contributed by atoms with Gasteiger partial charge in [0.15, 0.2) is 17.3 Å². The molecular formula is C16H13FN2O4. The number of aryl methyl sites for hydroxylation is 1. The quantitative estimate of drug-likeness (QED) is 0.671. The molecule has 118 valence electrons. The van der Waals surface area contributed by atoms with E-state index in [2.05, 4.69) is 10.1 Å². The molecule has 1 aromatic carbocycles. The fraction of sp³-hybridized carbons (Fsp3) is 0.188. The molecule has 0 fully saturated rings. The van der Waals surface area contributed by atoms with Crippen LogP contribution in [-0.4, -0.2) is 16.1 Å². The molecule has 0 bridgehead atoms. The topological polar surface area (TPSA) is 78.4 Å². The van der Waals surface area contributed by atoms with Gasteiger partial charge in [0, 0.05) is 18.1 Å². The number of ether oxygens (including phenoxy) is 1. The Morgan fingerprint density at radius 2 is 2.22 bits per heavy atom. The molecule has 0 saturated carbocycles. The molecule has 0 amide bonds. The van der Waals surface area contributed by atoms with Crippen molar-refractivity contribution in [1.29, 1.82) is 0 Å². The maximum Gasteiger partial charge on any atom is 0.360 e. The summed E-state index contributed by atoms with van der Waals surface area (Å²) in [5.41, 5.74) is 1.08. The molecule has 0 aliphatic heterocycles. The summed E-state index contributed by atoms with van der Waals surface area (Å²) in [5.74, 6) is -0.120. The first-order valence-corrected chi connectivity index (χ1v) is 6.98. The van der Waals surface area contributed by atoms with Gasteiger partial charge in [0.25, 0.3) is 0 Å². The summed E-state index contributed by atoms with van der Waals surface area (Å²) in [4.78, 5) is 15.8. The van der Waals surface area contributed by atoms with Crippen molar-refractivity contribution < 1.29 is 22.9 Å². The van der Waals surface area contributed by atoms with Gasteiger partial charge in [-0.25, -0.2) is 14.2 Å². The van der Waals surface area contributed by atoms with Crippen LogP contribution in [0, 0.1) is 5.82 Å². The van der Waals surface area contributed by atoms with Gasteiger partial charge in [0.1, 0.15) is 24.4 Å². The Bertz CT molecular complexity index is 825. The number of hydrogen-bond acceptors (Lipinski definition) is 6. The summed E-state index contributed by atoms with van der Waals surface area (Å²) in [6.07, 6.45) is 1.84. The lowest BCUT2D eigenvalue weighted by Gasteiger charge is -1.98. The average molecular weight is 316 g/mol. The Hall–Kier alpha value is -2.96. The van der Waals surface area contributed by atoms with Crippen molar-refractivity contribution in [2.45, 2.75) is 20.0 Å². The van der Waals surface area contributed by atoms with Gasteiger partial charge in [0.2, 0.25) is 0 Å². The first-order valence-electron chi connectivity index (χ1n) is 6.98. The maximum absolute atomic E-state index is 13.2. The second kappa shape index (κ2) is 6.43. The summed E-state index contributed by atoms with van der Waals surface area (Å²) in [6, 6.07) is 7.52. The third-order valence-corrected chi connectivity index (χ3v) is 3.08. The SMILES string of the molecule is CCc1nc(C(=O)OCc2cc(-c3cccc(F)c3)on2)co1. The third-order valence-electron chi connectivity index (χ3n) is 3.08. The smallest absolute Gasteiger partial charge is 0.360 e. The third kappa shape index (κ3) is 3.45. The van der Waals surface area contributed by atoms with Crippen LogP contribution in [0.1, 0.15) is 29.0 Å². The monoisotopic (exact) mass is 316 g/mol. The number of esters is 1. The first kappa shape index (κ1) is 15.0. The Kier molecular flexibility index (Phi) is 4.18. The van der Waals surface area contributed by atoms with E-state index in [0.29, 0.717) is 29.3 Å². The number of aromatic nitrogens is 2. The van der Waals surface area contributed by atoms with Gasteiger partial charge in [-0.05, 0) is 12.1 Å². The zero-order chi connectivity index (χ0) is 16.2. The number of nitrogens with zero attached hydrogens (tertiary/aromatic N) is 2. The molecule has 0 N–H and O–H groups in total. The fourth-order valence-electron chi connectivity index (χ4n) is 1.94. The molecule has 0 aliphatic carbocycles. The number of carbonyl (C=O) groups excluding carboxylic acids is 1. The fourth-order valence-corrected chi connectivity index (χ4v) is 1.94. The van der Waals surface area contributed by atoms with Gasteiger partial charge in [-0.1, -0.05) is 24.2 Å². The summed E-state index contributed by atoms with van der Waals surface area (Å²) >= 11 is 0. The van der Waals surface area contributed by atoms with Gasteiger partial charge < -0.3 is 13.7 Å². The van der Waals surface area contributed by atoms with Crippen LogP contribution in [-0.2, 0) is 17.8 Å². The summed E-state index contributed by atoms with van der Waals surface area (Å²) in [6.45, 7) is 1.79. The van der Waals surface area contributed by atoms with Gasteiger partial charge in [-0.2, -0.15) is 0 Å². The van der Waals surface area contributed by atoms with Crippen LogP contribution >= 0.6 is 0 Å². The summed E-state index contributed by atoms with van der Waals surface area (Å²) in [5, 5.41) is 3.79. The average Bonchev–Trinajstić information content (AvgIpc) is 3.22. The predicted molar refractivity (Wildman–Crippen MR) is 76.9 cm³/mol. The van der Waals surface area contributed by atoms with E-state index in [1.54, 1.807) is 18.2 Å². The van der Waals surface area contributed by atoms with Crippen LogP contribution in [0.3, 0.4) is 0 Å². The minimum absolute atomic E-state index is 0.0774. The Morgan fingerprint density at radius 3 is 2.96 bits per heavy atom. The van der Waals surface area contributed by atoms with E-state index in [9.17, 15) is 9.18 Å². The van der Waals surface area contributed by atoms with Crippen LogP contribution in [0.2, 0.25) is 0 Å². The molecule has 23 heavy (non-hydrogen) atoms. The van der Waals surface area contributed by atoms with E-state index in [1.165, 1.54) is 18.4 Å². The van der Waals surface area contributed by atoms with Gasteiger partial charge in [0.05, 0.1) is 0 Å². The normalized spacial score (nSPS) is 10.7. The van der Waals surface area contributed by atoms with Gasteiger partial charge >= 0.3 is 5.97 Å². The van der Waals surface area contributed by atoms with E-state index in [1.807, 2.05) is 6.92 Å². The summed E-state index contributed by atoms with van der Waals surface area (Å²) < 4.78 is 28.5. The highest BCUT2D eigenvalue weighted by Gasteiger charge is 2.15. The van der Waals surface area contributed by atoms with Crippen LogP contribution in [0.25, 0.3) is 11.3 Å². The van der Waals surface area contributed by atoms with Gasteiger partial charge in [-0.15, -0.1) is 0 Å². The molecule has 0 aliphatic rings. The van der Waals surface area contributed by atoms with Crippen molar-refractivity contribution in [2.24, 2.45) is 0 Å². The lowest BCUT2D eigenvalue weighted by molar-refractivity contribution is 0.0457. The number of carbonyl (C=O) groups is 1. The molecule has 0 spiro atoms. The highest BCUT2D eigenvalue weighted by molar-refractivity contribution is 5.86. The Morgan fingerprint density at radius 1 is 1.35 bits per heavy atom. The minimum atomic E-state index is -0.608. The van der Waals surface area contributed by atoms with Crippen LogP contribution in [0.5, 0.6) is 0 Å². The van der Waals surface area contributed by atoms with E-state index in [-0.39, 0.29) is 18.1 Å². The molecule has 6 nitrogen and oxygen atoms in total. The first-order chi connectivity index (χ1) is 11.2. The Balaban J connectivity index is 1.64. The molecule has 2 heterocycles. The van der Waals surface area contributed by atoms with Crippen molar-refractivity contribution in [2.75, 3.05) is 0 Å². The molecule has 0 unspecified atom stereocenters. The minimum Gasteiger partial charge on any atom is -0.454 e. The van der Waals surface area contributed by atoms with E-state index in [0.717, 1.165) is 0 Å². The maximum atomic E-state index is 13.2. The van der Waals surface area contributed by atoms with E-state index in [4.69, 9.17) is 13.7 Å². The van der Waals surface area contributed by atoms with Crippen LogP contribution < -0.4 is 0 Å². The Labute approximate surface area is 130 Å². The second-order valence-corrected chi connectivity index (χ2v) is 4.75. The standard InChI is InChI=1S/C16H13FN2O4/c1-2-15-18-13(9-21-15)16(20)22-8-12-7-14(23-19-12)10-4-3-5-11(17)6-10/h3-7,9H,2,8H2,1H3. The van der Waals surface area contributed by atoms with Crippen LogP contribution in [0.15, 0.2) is 45.5 Å². The molecule has 3 rings (SSSR count). The van der Waals surface area contributed by atoms with Crippen molar-refractivity contribution in [3.8, 4) is 11.3 Å². The van der Waals surface area contributed by atoms with Crippen molar-refractivity contribution in [3.05, 3.63) is 59.7 Å². The molecule has 3 aromatic rings. The molecule has 0 radical (unpaired) electrons. The van der Waals surface area contributed by atoms with Crippen LogP contribution in [0.4, 0.5) is 4.39 Å². The number of hydrogen-bond donors (Lipinski definition) is 0. The highest BCUT2D eigenvalue weighted by atomic mass is 19.1. The summed E-state index contributed by atoms with van der Waals surface area (Å²) in [7, 11) is 0. The molecule has 7 heteroatoms. The lowest BCUT2D eigenvalue weighted by atomic mass is 10.1. The molecular weight excluding hydrogens is 303 g/mol. The van der Waals surface area contributed by atoms with Crippen molar-refractivity contribution >= 4 is 5.97 Å². The number of halogens is 1. The van der Waals surface area contributed by atoms with Crippen molar-refractivity contribution in [3.63, 3.8) is 0 Å². The van der Waals surface area contributed by atoms with Gasteiger partial charge in [-0.3, -0.25) is 0 Å². The predicted octanol–water partition coefficient (Wildman–Crippen LogP) is 3.39. The van der Waals surface area contributed by atoms with E-state index >= 15 is 0 Å². The molecule has 2 aromatic heterocycles. The van der Waals surface area contributed by atoms with E-state index < -0.39 is 5.97 Å². The molecule has 0 saturated heterocycles. The zero-order valence-electron chi connectivity index (χ0n) is 12.3. The van der Waals surface area contributed by atoms with Crippen molar-refractivity contribution in [1.82, 2.24) is 10.1 Å². The zero-order valence-corrected chi connectivity index (χ0v) is 12.3. The number of benzene rings is 1. The number of oxazole rings is 1. The molecule has 0 atom stereocenters. The highest BCUT2D eigenvalue weighted by Crippen LogP contribution is 2.21. The lowest BCUT2D eigenvalue weighted by Crippen LogP contribution is -2.06.